The molecular formula is C12H24N2O. The fraction of sp³-hybridized carbons (Fsp3) is 0.917. The summed E-state index contributed by atoms with van der Waals surface area (Å²) in [7, 11) is 0. The Hall–Kier alpha value is -0.570. The normalized spacial score (nSPS) is 24.7. The van der Waals surface area contributed by atoms with E-state index in [2.05, 4.69) is 33.0 Å². The molecule has 3 heteroatoms. The van der Waals surface area contributed by atoms with Crippen LogP contribution >= 0.6 is 0 Å². The summed E-state index contributed by atoms with van der Waals surface area (Å²) in [6.45, 7) is 11.7. The Labute approximate surface area is 92.8 Å². The number of rotatable bonds is 4. The molecule has 0 heterocycles. The molecule has 3 nitrogen and oxygen atoms in total. The minimum Gasteiger partial charge on any atom is -0.356 e. The number of nitrogens with two attached hydrogens (primary N) is 1. The molecule has 0 aromatic carbocycles. The van der Waals surface area contributed by atoms with Gasteiger partial charge in [-0.2, -0.15) is 0 Å². The Balaban J connectivity index is 2.32. The molecule has 0 spiro atoms. The highest BCUT2D eigenvalue weighted by Crippen LogP contribution is 2.67. The molecule has 1 rings (SSSR count). The van der Waals surface area contributed by atoms with Gasteiger partial charge in [-0.3, -0.25) is 4.79 Å². The Morgan fingerprint density at radius 2 is 1.80 bits per heavy atom. The van der Waals surface area contributed by atoms with E-state index in [-0.39, 0.29) is 11.9 Å². The second-order valence-electron chi connectivity index (χ2n) is 5.98. The van der Waals surface area contributed by atoms with Crippen LogP contribution in [0.2, 0.25) is 0 Å². The van der Waals surface area contributed by atoms with Crippen molar-refractivity contribution in [2.45, 2.75) is 47.1 Å². The van der Waals surface area contributed by atoms with Crippen LogP contribution in [0.15, 0.2) is 0 Å². The average molecular weight is 212 g/mol. The van der Waals surface area contributed by atoms with E-state index in [0.29, 0.717) is 23.2 Å². The van der Waals surface area contributed by atoms with Crippen LogP contribution in [-0.2, 0) is 4.79 Å². The Morgan fingerprint density at radius 3 is 2.13 bits per heavy atom. The third-order valence-corrected chi connectivity index (χ3v) is 4.33. The third-order valence-electron chi connectivity index (χ3n) is 4.33. The molecule has 1 fully saturated rings. The Kier molecular flexibility index (Phi) is 3.15. The summed E-state index contributed by atoms with van der Waals surface area (Å²) >= 11 is 0. The molecule has 0 saturated heterocycles. The van der Waals surface area contributed by atoms with E-state index in [9.17, 15) is 4.79 Å². The summed E-state index contributed by atoms with van der Waals surface area (Å²) in [4.78, 5) is 11.4. The lowest BCUT2D eigenvalue weighted by Crippen LogP contribution is -2.32. The van der Waals surface area contributed by atoms with Crippen molar-refractivity contribution in [3.05, 3.63) is 0 Å². The number of hydrogen-bond donors (Lipinski definition) is 2. The van der Waals surface area contributed by atoms with Crippen molar-refractivity contribution in [1.29, 1.82) is 0 Å². The molecule has 0 radical (unpaired) electrons. The van der Waals surface area contributed by atoms with Gasteiger partial charge >= 0.3 is 0 Å². The molecule has 1 unspecified atom stereocenters. The van der Waals surface area contributed by atoms with Crippen LogP contribution in [-0.4, -0.2) is 18.5 Å². The zero-order valence-electron chi connectivity index (χ0n) is 10.6. The first-order chi connectivity index (χ1) is 6.69. The number of carbonyl (C=O) groups excluding carboxylic acids is 1. The largest absolute Gasteiger partial charge is 0.356 e. The molecule has 1 amide bonds. The second kappa shape index (κ2) is 3.78. The van der Waals surface area contributed by atoms with Crippen LogP contribution in [0.1, 0.15) is 41.0 Å². The highest BCUT2D eigenvalue weighted by molar-refractivity contribution is 5.76. The summed E-state index contributed by atoms with van der Waals surface area (Å²) < 4.78 is 0. The summed E-state index contributed by atoms with van der Waals surface area (Å²) in [6.07, 6.45) is 0.424. The van der Waals surface area contributed by atoms with Crippen molar-refractivity contribution in [3.63, 3.8) is 0 Å². The molecule has 1 aliphatic rings. The van der Waals surface area contributed by atoms with Gasteiger partial charge in [0, 0.05) is 19.0 Å². The second-order valence-corrected chi connectivity index (χ2v) is 5.98. The number of nitrogens with one attached hydrogen (secondary N) is 1. The van der Waals surface area contributed by atoms with E-state index < -0.39 is 0 Å². The molecule has 1 saturated carbocycles. The maximum atomic E-state index is 11.4. The van der Waals surface area contributed by atoms with Crippen LogP contribution in [0, 0.1) is 16.7 Å². The average Bonchev–Trinajstić information content (AvgIpc) is 2.38. The van der Waals surface area contributed by atoms with E-state index in [0.717, 1.165) is 6.54 Å². The lowest BCUT2D eigenvalue weighted by atomic mass is 10.0. The van der Waals surface area contributed by atoms with E-state index in [1.165, 1.54) is 0 Å². The quantitative estimate of drug-likeness (QED) is 0.742. The van der Waals surface area contributed by atoms with Crippen LogP contribution in [0.5, 0.6) is 0 Å². The van der Waals surface area contributed by atoms with Crippen LogP contribution < -0.4 is 11.1 Å². The maximum absolute atomic E-state index is 11.4. The highest BCUT2D eigenvalue weighted by Gasteiger charge is 2.64. The van der Waals surface area contributed by atoms with E-state index >= 15 is 0 Å². The smallest absolute Gasteiger partial charge is 0.221 e. The molecule has 0 aliphatic heterocycles. The Bertz CT molecular complexity index is 242. The van der Waals surface area contributed by atoms with Crippen molar-refractivity contribution in [2.24, 2.45) is 22.5 Å². The molecule has 1 aliphatic carbocycles. The molecule has 0 aromatic heterocycles. The van der Waals surface area contributed by atoms with Crippen LogP contribution in [0.4, 0.5) is 0 Å². The summed E-state index contributed by atoms with van der Waals surface area (Å²) in [5.41, 5.74) is 6.24. The van der Waals surface area contributed by atoms with Gasteiger partial charge in [0.05, 0.1) is 0 Å². The van der Waals surface area contributed by atoms with Gasteiger partial charge in [-0.25, -0.2) is 0 Å². The van der Waals surface area contributed by atoms with E-state index in [1.54, 1.807) is 0 Å². The van der Waals surface area contributed by atoms with Crippen LogP contribution in [0.3, 0.4) is 0 Å². The predicted octanol–water partition coefficient (Wildman–Crippen LogP) is 1.52. The van der Waals surface area contributed by atoms with Gasteiger partial charge in [0.25, 0.3) is 0 Å². The monoisotopic (exact) mass is 212 g/mol. The molecule has 88 valence electrons. The van der Waals surface area contributed by atoms with E-state index in [1.807, 2.05) is 6.92 Å². The lowest BCUT2D eigenvalue weighted by Gasteiger charge is -2.08. The van der Waals surface area contributed by atoms with Gasteiger partial charge in [-0.05, 0) is 23.7 Å². The fourth-order valence-corrected chi connectivity index (χ4v) is 2.42. The first kappa shape index (κ1) is 12.5. The third kappa shape index (κ3) is 2.33. The van der Waals surface area contributed by atoms with Crippen LogP contribution in [0.25, 0.3) is 0 Å². The summed E-state index contributed by atoms with van der Waals surface area (Å²) in [5, 5.41) is 2.97. The van der Waals surface area contributed by atoms with Gasteiger partial charge in [-0.15, -0.1) is 0 Å². The minimum absolute atomic E-state index is 0.0507. The topological polar surface area (TPSA) is 55.1 Å². The molecular weight excluding hydrogens is 188 g/mol. The molecule has 15 heavy (non-hydrogen) atoms. The zero-order valence-corrected chi connectivity index (χ0v) is 10.6. The fourth-order valence-electron chi connectivity index (χ4n) is 2.42. The van der Waals surface area contributed by atoms with Gasteiger partial charge in [0.1, 0.15) is 0 Å². The number of amides is 1. The highest BCUT2D eigenvalue weighted by atomic mass is 16.1. The van der Waals surface area contributed by atoms with Crippen molar-refractivity contribution in [2.75, 3.05) is 6.54 Å². The standard InChI is InChI=1S/C12H24N2O/c1-8(13)6-10(15)14-7-9-11(2,3)12(9,4)5/h8-9H,6-7,13H2,1-5H3,(H,14,15). The number of hydrogen-bond acceptors (Lipinski definition) is 2. The summed E-state index contributed by atoms with van der Waals surface area (Å²) in [5.74, 6) is 0.658. The van der Waals surface area contributed by atoms with Gasteiger partial charge < -0.3 is 11.1 Å². The Morgan fingerprint density at radius 1 is 1.33 bits per heavy atom. The lowest BCUT2D eigenvalue weighted by molar-refractivity contribution is -0.121. The van der Waals surface area contributed by atoms with Gasteiger partial charge in [0.2, 0.25) is 5.91 Å². The zero-order chi connectivity index (χ0) is 11.9. The molecule has 0 aromatic rings. The summed E-state index contributed by atoms with van der Waals surface area (Å²) in [6, 6.07) is -0.0507. The van der Waals surface area contributed by atoms with Crippen molar-refractivity contribution >= 4 is 5.91 Å². The first-order valence-electron chi connectivity index (χ1n) is 5.72. The van der Waals surface area contributed by atoms with Crippen molar-refractivity contribution in [1.82, 2.24) is 5.32 Å². The predicted molar refractivity (Wildman–Crippen MR) is 62.3 cm³/mol. The first-order valence-corrected chi connectivity index (χ1v) is 5.72. The van der Waals surface area contributed by atoms with Crippen molar-refractivity contribution < 1.29 is 4.79 Å². The SMILES string of the molecule is CC(N)CC(=O)NCC1C(C)(C)C1(C)C. The van der Waals surface area contributed by atoms with E-state index in [4.69, 9.17) is 5.73 Å². The molecule has 3 N–H and O–H groups in total. The minimum atomic E-state index is -0.0507. The van der Waals surface area contributed by atoms with Crippen molar-refractivity contribution in [3.8, 4) is 0 Å². The van der Waals surface area contributed by atoms with Gasteiger partial charge in [0.15, 0.2) is 0 Å². The van der Waals surface area contributed by atoms with Gasteiger partial charge in [-0.1, -0.05) is 27.7 Å². The maximum Gasteiger partial charge on any atom is 0.221 e. The number of carbonyl (C=O) groups is 1. The molecule has 0 bridgehead atoms. The molecule has 1 atom stereocenters.